The number of benzene rings is 1. The number of aryl methyl sites for hydroxylation is 2. The third-order valence-corrected chi connectivity index (χ3v) is 4.41. The Labute approximate surface area is 123 Å². The van der Waals surface area contributed by atoms with Crippen molar-refractivity contribution in [3.63, 3.8) is 0 Å². The van der Waals surface area contributed by atoms with Crippen LogP contribution in [0.2, 0.25) is 0 Å². The Hall–Kier alpha value is -2.13. The Morgan fingerprint density at radius 2 is 2.05 bits per heavy atom. The van der Waals surface area contributed by atoms with E-state index >= 15 is 0 Å². The van der Waals surface area contributed by atoms with Gasteiger partial charge in [-0.2, -0.15) is 5.10 Å². The molecule has 0 aliphatic heterocycles. The average Bonchev–Trinajstić information content (AvgIpc) is 3.13. The van der Waals surface area contributed by atoms with Crippen LogP contribution in [0.25, 0.3) is 5.52 Å². The fourth-order valence-corrected chi connectivity index (χ4v) is 3.30. The Morgan fingerprint density at radius 3 is 3.00 bits per heavy atom. The lowest BCUT2D eigenvalue weighted by Gasteiger charge is -2.11. The molecule has 3 heteroatoms. The van der Waals surface area contributed by atoms with Crippen molar-refractivity contribution in [1.82, 2.24) is 9.61 Å². The molecule has 1 N–H and O–H groups in total. The topological polar surface area (TPSA) is 37.5 Å². The molecule has 0 spiro atoms. The molecule has 1 aromatic carbocycles. The molecule has 4 rings (SSSR count). The van der Waals surface area contributed by atoms with E-state index in [0.717, 1.165) is 11.1 Å². The summed E-state index contributed by atoms with van der Waals surface area (Å²) < 4.78 is 1.81. The zero-order chi connectivity index (χ0) is 14.2. The van der Waals surface area contributed by atoms with Crippen LogP contribution in [0.15, 0.2) is 48.8 Å². The molecule has 0 fully saturated rings. The van der Waals surface area contributed by atoms with Crippen LogP contribution in [-0.4, -0.2) is 14.7 Å². The summed E-state index contributed by atoms with van der Waals surface area (Å²) in [5.41, 5.74) is 6.02. The maximum absolute atomic E-state index is 10.6. The van der Waals surface area contributed by atoms with Crippen LogP contribution in [0.1, 0.15) is 34.8 Å². The van der Waals surface area contributed by atoms with E-state index in [-0.39, 0.29) is 0 Å². The minimum Gasteiger partial charge on any atom is -0.388 e. The molecule has 3 nitrogen and oxygen atoms in total. The van der Waals surface area contributed by atoms with E-state index in [2.05, 4.69) is 23.3 Å². The molecule has 2 heterocycles. The molecule has 1 aliphatic carbocycles. The zero-order valence-electron chi connectivity index (χ0n) is 11.9. The molecule has 106 valence electrons. The Kier molecular flexibility index (Phi) is 3.00. The largest absolute Gasteiger partial charge is 0.388 e. The van der Waals surface area contributed by atoms with Crippen LogP contribution >= 0.6 is 0 Å². The van der Waals surface area contributed by atoms with Gasteiger partial charge in [0.15, 0.2) is 0 Å². The van der Waals surface area contributed by atoms with Crippen LogP contribution in [0.4, 0.5) is 0 Å². The second-order valence-corrected chi connectivity index (χ2v) is 5.81. The highest BCUT2D eigenvalue weighted by Gasteiger charge is 2.16. The monoisotopic (exact) mass is 278 g/mol. The van der Waals surface area contributed by atoms with Crippen LogP contribution < -0.4 is 0 Å². The molecule has 21 heavy (non-hydrogen) atoms. The van der Waals surface area contributed by atoms with Crippen molar-refractivity contribution in [2.75, 3.05) is 0 Å². The number of pyridine rings is 1. The summed E-state index contributed by atoms with van der Waals surface area (Å²) in [6.45, 7) is 0. The fourth-order valence-electron chi connectivity index (χ4n) is 3.30. The van der Waals surface area contributed by atoms with Crippen molar-refractivity contribution in [3.8, 4) is 0 Å². The van der Waals surface area contributed by atoms with Crippen LogP contribution in [0.5, 0.6) is 0 Å². The van der Waals surface area contributed by atoms with Gasteiger partial charge < -0.3 is 5.11 Å². The summed E-state index contributed by atoms with van der Waals surface area (Å²) in [6, 6.07) is 12.5. The average molecular weight is 278 g/mol. The highest BCUT2D eigenvalue weighted by atomic mass is 16.3. The Balaban J connectivity index is 1.62. The summed E-state index contributed by atoms with van der Waals surface area (Å²) in [5, 5.41) is 14.9. The number of rotatable bonds is 3. The molecule has 1 atom stereocenters. The van der Waals surface area contributed by atoms with E-state index in [9.17, 15) is 5.11 Å². The molecule has 2 aromatic heterocycles. The van der Waals surface area contributed by atoms with E-state index in [1.165, 1.54) is 36.0 Å². The third kappa shape index (κ3) is 2.24. The second-order valence-electron chi connectivity index (χ2n) is 5.81. The van der Waals surface area contributed by atoms with Gasteiger partial charge in [0, 0.05) is 18.2 Å². The number of aromatic nitrogens is 2. The number of aliphatic hydroxyl groups is 1. The van der Waals surface area contributed by atoms with Crippen molar-refractivity contribution in [1.29, 1.82) is 0 Å². The Morgan fingerprint density at radius 1 is 1.14 bits per heavy atom. The zero-order valence-corrected chi connectivity index (χ0v) is 11.9. The summed E-state index contributed by atoms with van der Waals surface area (Å²) in [5.74, 6) is 0. The first-order valence-corrected chi connectivity index (χ1v) is 7.52. The lowest BCUT2D eigenvalue weighted by atomic mass is 9.99. The van der Waals surface area contributed by atoms with Gasteiger partial charge in [-0.15, -0.1) is 0 Å². The molecule has 0 radical (unpaired) electrons. The first kappa shape index (κ1) is 12.6. The van der Waals surface area contributed by atoms with E-state index in [1.54, 1.807) is 10.7 Å². The molecule has 0 amide bonds. The maximum atomic E-state index is 10.6. The number of hydrogen-bond donors (Lipinski definition) is 1. The number of nitrogens with zero attached hydrogens (tertiary/aromatic N) is 2. The Bertz CT molecular complexity index is 791. The predicted molar refractivity (Wildman–Crippen MR) is 82.3 cm³/mol. The van der Waals surface area contributed by atoms with Gasteiger partial charge in [-0.25, -0.2) is 4.52 Å². The lowest BCUT2D eigenvalue weighted by Crippen LogP contribution is -2.02. The van der Waals surface area contributed by atoms with E-state index < -0.39 is 6.10 Å². The first-order chi connectivity index (χ1) is 10.3. The second kappa shape index (κ2) is 5.01. The SMILES string of the molecule is OC(Cc1ccc2c(c1)CCC2)c1cnn2ccccc12. The minimum absolute atomic E-state index is 0.510. The van der Waals surface area contributed by atoms with Crippen molar-refractivity contribution in [2.24, 2.45) is 0 Å². The van der Waals surface area contributed by atoms with Gasteiger partial charge in [-0.1, -0.05) is 24.3 Å². The minimum atomic E-state index is -0.510. The molecule has 1 unspecified atom stereocenters. The third-order valence-electron chi connectivity index (χ3n) is 4.41. The van der Waals surface area contributed by atoms with Crippen LogP contribution in [-0.2, 0) is 19.3 Å². The van der Waals surface area contributed by atoms with Crippen molar-refractivity contribution < 1.29 is 5.11 Å². The number of hydrogen-bond acceptors (Lipinski definition) is 2. The van der Waals surface area contributed by atoms with Crippen molar-refractivity contribution >= 4 is 5.52 Å². The first-order valence-electron chi connectivity index (χ1n) is 7.52. The van der Waals surface area contributed by atoms with Gasteiger partial charge in [0.2, 0.25) is 0 Å². The van der Waals surface area contributed by atoms with E-state index in [1.807, 2.05) is 24.4 Å². The number of fused-ring (bicyclic) bond motifs is 2. The standard InChI is InChI=1S/C18H18N2O/c21-18(16-12-19-20-9-2-1-6-17(16)20)11-13-7-8-14-4-3-5-15(14)10-13/h1-2,6-10,12,18,21H,3-5,11H2. The normalized spacial score (nSPS) is 15.3. The molecule has 1 aliphatic rings. The summed E-state index contributed by atoms with van der Waals surface area (Å²) in [7, 11) is 0. The van der Waals surface area contributed by atoms with Gasteiger partial charge in [-0.3, -0.25) is 0 Å². The summed E-state index contributed by atoms with van der Waals surface area (Å²) in [4.78, 5) is 0. The maximum Gasteiger partial charge on any atom is 0.0867 e. The van der Waals surface area contributed by atoms with Crippen LogP contribution in [0, 0.1) is 0 Å². The highest BCUT2D eigenvalue weighted by molar-refractivity contribution is 5.54. The smallest absolute Gasteiger partial charge is 0.0867 e. The van der Waals surface area contributed by atoms with Gasteiger partial charge in [0.1, 0.15) is 0 Å². The van der Waals surface area contributed by atoms with Gasteiger partial charge in [0.25, 0.3) is 0 Å². The van der Waals surface area contributed by atoms with E-state index in [4.69, 9.17) is 0 Å². The quantitative estimate of drug-likeness (QED) is 0.799. The number of aliphatic hydroxyl groups excluding tert-OH is 1. The van der Waals surface area contributed by atoms with Crippen molar-refractivity contribution in [3.05, 3.63) is 71.0 Å². The predicted octanol–water partition coefficient (Wildman–Crippen LogP) is 3.10. The van der Waals surface area contributed by atoms with Gasteiger partial charge in [-0.05, 0) is 48.1 Å². The van der Waals surface area contributed by atoms with E-state index in [0.29, 0.717) is 6.42 Å². The lowest BCUT2D eigenvalue weighted by molar-refractivity contribution is 0.180. The van der Waals surface area contributed by atoms with Gasteiger partial charge in [0.05, 0.1) is 17.8 Å². The van der Waals surface area contributed by atoms with Crippen LogP contribution in [0.3, 0.4) is 0 Å². The van der Waals surface area contributed by atoms with Crippen molar-refractivity contribution in [2.45, 2.75) is 31.8 Å². The summed E-state index contributed by atoms with van der Waals surface area (Å²) >= 11 is 0. The molecule has 3 aromatic rings. The molecule has 0 saturated carbocycles. The fraction of sp³-hybridized carbons (Fsp3) is 0.278. The molecule has 0 bridgehead atoms. The highest BCUT2D eigenvalue weighted by Crippen LogP contribution is 2.26. The molecular weight excluding hydrogens is 260 g/mol. The van der Waals surface area contributed by atoms with Gasteiger partial charge >= 0.3 is 0 Å². The summed E-state index contributed by atoms with van der Waals surface area (Å²) in [6.07, 6.45) is 7.44. The molecule has 0 saturated heterocycles. The molecular formula is C18H18N2O.